The van der Waals surface area contributed by atoms with Gasteiger partial charge in [0.15, 0.2) is 23.2 Å². The van der Waals surface area contributed by atoms with Crippen LogP contribution in [0.4, 0.5) is 5.82 Å². The van der Waals surface area contributed by atoms with Crippen molar-refractivity contribution in [2.75, 3.05) is 12.4 Å². The molecule has 6 rings (SSSR count). The highest BCUT2D eigenvalue weighted by molar-refractivity contribution is 5.84. The van der Waals surface area contributed by atoms with E-state index in [0.717, 1.165) is 22.4 Å². The van der Waals surface area contributed by atoms with Crippen LogP contribution in [-0.4, -0.2) is 55.2 Å². The fraction of sp³-hybridized carbons (Fsp3) is 0.258. The smallest absolute Gasteiger partial charge is 0.167 e. The molecule has 9 nitrogen and oxygen atoms in total. The Labute approximate surface area is 232 Å². The molecule has 0 aliphatic carbocycles. The number of rotatable bonds is 8. The van der Waals surface area contributed by atoms with Crippen LogP contribution in [0.25, 0.3) is 11.2 Å². The van der Waals surface area contributed by atoms with Gasteiger partial charge in [-0.3, -0.25) is 4.57 Å². The molecule has 2 unspecified atom stereocenters. The molecule has 204 valence electrons. The molecule has 3 N–H and O–H groups in total. The van der Waals surface area contributed by atoms with Gasteiger partial charge in [-0.25, -0.2) is 15.0 Å². The van der Waals surface area contributed by atoms with Crippen molar-refractivity contribution >= 4 is 17.0 Å². The summed E-state index contributed by atoms with van der Waals surface area (Å²) in [5.41, 5.74) is 3.11. The minimum atomic E-state index is -1.11. The molecule has 0 saturated carbocycles. The maximum Gasteiger partial charge on any atom is 0.167 e. The number of aromatic nitrogens is 4. The number of aliphatic hydroxyl groups excluding tert-OH is 2. The number of fused-ring (bicyclic) bond motifs is 1. The Hall–Kier alpha value is -4.31. The van der Waals surface area contributed by atoms with Crippen LogP contribution in [0.3, 0.4) is 0 Å². The maximum atomic E-state index is 10.7. The highest BCUT2D eigenvalue weighted by Crippen LogP contribution is 2.41. The Morgan fingerprint density at radius 3 is 2.05 bits per heavy atom. The molecule has 0 amide bonds. The molecular formula is C31H31N5O4. The summed E-state index contributed by atoms with van der Waals surface area (Å²) < 4.78 is 13.1. The summed E-state index contributed by atoms with van der Waals surface area (Å²) in [6.07, 6.45) is 0.210. The van der Waals surface area contributed by atoms with Gasteiger partial charge >= 0.3 is 0 Å². The highest BCUT2D eigenvalue weighted by Gasteiger charge is 2.44. The van der Waals surface area contributed by atoms with Gasteiger partial charge in [0, 0.05) is 0 Å². The third kappa shape index (κ3) is 4.28. The first kappa shape index (κ1) is 25.9. The van der Waals surface area contributed by atoms with E-state index in [4.69, 9.17) is 9.47 Å². The molecule has 9 heteroatoms. The SMILES string of the molecule is CC[C@H]1O[C@@H](n2cnc3c(NC(c4ccccc4)(c4ccccc4)c4ccc(OC)cc4)ncnc32)C(O)C1O. The number of methoxy groups -OCH3 is 1. The average Bonchev–Trinajstić information content (AvgIpc) is 3.57. The van der Waals surface area contributed by atoms with Gasteiger partial charge in [-0.15, -0.1) is 0 Å². The summed E-state index contributed by atoms with van der Waals surface area (Å²) in [5, 5.41) is 24.9. The van der Waals surface area contributed by atoms with Crippen LogP contribution in [0.5, 0.6) is 5.75 Å². The van der Waals surface area contributed by atoms with E-state index in [9.17, 15) is 10.2 Å². The van der Waals surface area contributed by atoms with Gasteiger partial charge in [-0.1, -0.05) is 79.7 Å². The lowest BCUT2D eigenvalue weighted by Gasteiger charge is -2.37. The van der Waals surface area contributed by atoms with E-state index in [1.807, 2.05) is 67.6 Å². The topological polar surface area (TPSA) is 115 Å². The van der Waals surface area contributed by atoms with Crippen molar-refractivity contribution in [2.45, 2.75) is 43.4 Å². The second kappa shape index (κ2) is 10.7. The molecule has 5 aromatic rings. The van der Waals surface area contributed by atoms with Crippen LogP contribution in [0, 0.1) is 0 Å². The predicted molar refractivity (Wildman–Crippen MR) is 151 cm³/mol. The maximum absolute atomic E-state index is 10.7. The molecule has 2 aromatic heterocycles. The van der Waals surface area contributed by atoms with E-state index < -0.39 is 30.1 Å². The number of anilines is 1. The largest absolute Gasteiger partial charge is 0.497 e. The zero-order valence-corrected chi connectivity index (χ0v) is 22.3. The van der Waals surface area contributed by atoms with Crippen molar-refractivity contribution in [1.82, 2.24) is 19.5 Å². The zero-order valence-electron chi connectivity index (χ0n) is 22.3. The molecule has 1 aliphatic rings. The minimum absolute atomic E-state index is 0.476. The number of hydrogen-bond acceptors (Lipinski definition) is 8. The quantitative estimate of drug-likeness (QED) is 0.252. The number of hydrogen-bond donors (Lipinski definition) is 3. The average molecular weight is 538 g/mol. The first-order valence-electron chi connectivity index (χ1n) is 13.3. The first-order valence-corrected chi connectivity index (χ1v) is 13.3. The Morgan fingerprint density at radius 2 is 1.48 bits per heavy atom. The van der Waals surface area contributed by atoms with E-state index in [-0.39, 0.29) is 0 Å². The second-order valence-corrected chi connectivity index (χ2v) is 9.84. The van der Waals surface area contributed by atoms with Gasteiger partial charge in [-0.2, -0.15) is 0 Å². The third-order valence-electron chi connectivity index (χ3n) is 7.62. The van der Waals surface area contributed by atoms with Crippen molar-refractivity contribution in [2.24, 2.45) is 0 Å². The van der Waals surface area contributed by atoms with Crippen molar-refractivity contribution in [3.05, 3.63) is 114 Å². The molecular weight excluding hydrogens is 506 g/mol. The summed E-state index contributed by atoms with van der Waals surface area (Å²) in [6.45, 7) is 1.91. The van der Waals surface area contributed by atoms with E-state index in [1.54, 1.807) is 18.0 Å². The van der Waals surface area contributed by atoms with Gasteiger partial charge < -0.3 is 25.0 Å². The molecule has 40 heavy (non-hydrogen) atoms. The number of nitrogens with zero attached hydrogens (tertiary/aromatic N) is 4. The van der Waals surface area contributed by atoms with Crippen molar-refractivity contribution < 1.29 is 19.7 Å². The number of benzene rings is 3. The Balaban J connectivity index is 1.52. The predicted octanol–water partition coefficient (Wildman–Crippen LogP) is 4.27. The molecule has 0 radical (unpaired) electrons. The molecule has 1 aliphatic heterocycles. The molecule has 0 bridgehead atoms. The summed E-state index contributed by atoms with van der Waals surface area (Å²) in [7, 11) is 1.65. The van der Waals surface area contributed by atoms with E-state index >= 15 is 0 Å². The molecule has 0 spiro atoms. The van der Waals surface area contributed by atoms with Crippen LogP contribution in [0.15, 0.2) is 97.6 Å². The van der Waals surface area contributed by atoms with Gasteiger partial charge in [-0.05, 0) is 35.2 Å². The minimum Gasteiger partial charge on any atom is -0.497 e. The number of nitrogens with one attached hydrogen (secondary N) is 1. The fourth-order valence-corrected chi connectivity index (χ4v) is 5.54. The standard InChI is InChI=1S/C31H31N5O4/c1-3-24-26(37)27(38)30(40-24)36-19-34-25-28(32-18-33-29(25)36)35-31(20-10-6-4-7-11-20,21-12-8-5-9-13-21)22-14-16-23(39-2)17-15-22/h4-19,24,26-27,30,37-38H,3H2,1-2H3,(H,32,33,35)/t24-,26?,27?,30-/m1/s1. The fourth-order valence-electron chi connectivity index (χ4n) is 5.54. The summed E-state index contributed by atoms with van der Waals surface area (Å²) in [5.74, 6) is 1.26. The van der Waals surface area contributed by atoms with Gasteiger partial charge in [0.25, 0.3) is 0 Å². The normalized spacial score (nSPS) is 21.0. The van der Waals surface area contributed by atoms with E-state index in [2.05, 4.69) is 44.5 Å². The number of aliphatic hydroxyl groups is 2. The lowest BCUT2D eigenvalue weighted by atomic mass is 9.77. The monoisotopic (exact) mass is 537 g/mol. The van der Waals surface area contributed by atoms with Crippen LogP contribution in [-0.2, 0) is 10.3 Å². The Kier molecular flexibility index (Phi) is 6.93. The molecule has 4 atom stereocenters. The van der Waals surface area contributed by atoms with Crippen molar-refractivity contribution in [3.63, 3.8) is 0 Å². The second-order valence-electron chi connectivity index (χ2n) is 9.84. The highest BCUT2D eigenvalue weighted by atomic mass is 16.6. The van der Waals surface area contributed by atoms with Gasteiger partial charge in [0.2, 0.25) is 0 Å². The third-order valence-corrected chi connectivity index (χ3v) is 7.62. The van der Waals surface area contributed by atoms with Crippen LogP contribution in [0.1, 0.15) is 36.3 Å². The van der Waals surface area contributed by atoms with Gasteiger partial charge in [0.1, 0.15) is 29.8 Å². The van der Waals surface area contributed by atoms with Crippen LogP contribution < -0.4 is 10.1 Å². The summed E-state index contributed by atoms with van der Waals surface area (Å²) in [4.78, 5) is 13.8. The van der Waals surface area contributed by atoms with E-state index in [0.29, 0.717) is 23.4 Å². The first-order chi connectivity index (χ1) is 19.6. The molecule has 1 saturated heterocycles. The zero-order chi connectivity index (χ0) is 27.7. The lowest BCUT2D eigenvalue weighted by Crippen LogP contribution is -2.38. The van der Waals surface area contributed by atoms with Crippen molar-refractivity contribution in [3.8, 4) is 5.75 Å². The summed E-state index contributed by atoms with van der Waals surface area (Å²) in [6, 6.07) is 28.3. The molecule has 3 heterocycles. The number of imidazole rings is 1. The van der Waals surface area contributed by atoms with E-state index in [1.165, 1.54) is 6.33 Å². The van der Waals surface area contributed by atoms with Crippen LogP contribution in [0.2, 0.25) is 0 Å². The van der Waals surface area contributed by atoms with Gasteiger partial charge in [0.05, 0.1) is 19.5 Å². The molecule has 1 fully saturated rings. The summed E-state index contributed by atoms with van der Waals surface area (Å²) >= 11 is 0. The molecule has 3 aromatic carbocycles. The lowest BCUT2D eigenvalue weighted by molar-refractivity contribution is -0.0355. The van der Waals surface area contributed by atoms with Crippen LogP contribution >= 0.6 is 0 Å². The Morgan fingerprint density at radius 1 is 0.850 bits per heavy atom. The van der Waals surface area contributed by atoms with Crippen molar-refractivity contribution in [1.29, 1.82) is 0 Å². The number of ether oxygens (including phenoxy) is 2. The Bertz CT molecular complexity index is 1540.